The van der Waals surface area contributed by atoms with Crippen LogP contribution in [0.5, 0.6) is 0 Å². The molecule has 5 rings (SSSR count). The third-order valence-electron chi connectivity index (χ3n) is 7.28. The average molecular weight is 448 g/mol. The summed E-state index contributed by atoms with van der Waals surface area (Å²) >= 11 is 0. The number of rotatable bonds is 6. The number of aryl methyl sites for hydroxylation is 1. The van der Waals surface area contributed by atoms with E-state index < -0.39 is 0 Å². The van der Waals surface area contributed by atoms with Gasteiger partial charge in [-0.3, -0.25) is 19.4 Å². The standard InChI is InChI=1S/C26H33N5O2/c1-19-21-11-12-23(32)31(17-13-20-8-3-2-4-9-20)26(21)28-25(27-19)22-10-5-6-14-30(22)18-24(33)29-15-7-16-29/h2-4,8-9,22H,5-7,10-18H2,1H3/t22-/m1/s1. The third kappa shape index (κ3) is 4.64. The number of aromatic nitrogens is 2. The zero-order valence-corrected chi connectivity index (χ0v) is 19.5. The molecule has 0 N–H and O–H groups in total. The number of nitrogens with zero attached hydrogens (tertiary/aromatic N) is 5. The van der Waals surface area contributed by atoms with Crippen molar-refractivity contribution in [3.63, 3.8) is 0 Å². The van der Waals surface area contributed by atoms with Gasteiger partial charge >= 0.3 is 0 Å². The molecule has 2 amide bonds. The van der Waals surface area contributed by atoms with Crippen molar-refractivity contribution in [3.8, 4) is 0 Å². The highest BCUT2D eigenvalue weighted by Gasteiger charge is 2.33. The van der Waals surface area contributed by atoms with Crippen LogP contribution in [0.2, 0.25) is 0 Å². The van der Waals surface area contributed by atoms with Gasteiger partial charge in [0.15, 0.2) is 0 Å². The fourth-order valence-electron chi connectivity index (χ4n) is 5.18. The minimum absolute atomic E-state index is 0.0287. The molecule has 1 atom stereocenters. The number of anilines is 1. The van der Waals surface area contributed by atoms with Crippen LogP contribution in [0.3, 0.4) is 0 Å². The smallest absolute Gasteiger partial charge is 0.236 e. The molecule has 7 nitrogen and oxygen atoms in total. The lowest BCUT2D eigenvalue weighted by molar-refractivity contribution is -0.136. The maximum absolute atomic E-state index is 12.9. The number of hydrogen-bond acceptors (Lipinski definition) is 5. The zero-order valence-electron chi connectivity index (χ0n) is 19.5. The summed E-state index contributed by atoms with van der Waals surface area (Å²) in [6.45, 7) is 5.73. The first-order valence-corrected chi connectivity index (χ1v) is 12.3. The molecule has 174 valence electrons. The van der Waals surface area contributed by atoms with Crippen molar-refractivity contribution in [2.45, 2.75) is 57.9 Å². The summed E-state index contributed by atoms with van der Waals surface area (Å²) < 4.78 is 0. The van der Waals surface area contributed by atoms with Crippen molar-refractivity contribution in [1.82, 2.24) is 19.8 Å². The third-order valence-corrected chi connectivity index (χ3v) is 7.28. The van der Waals surface area contributed by atoms with E-state index in [1.165, 1.54) is 5.56 Å². The Bertz CT molecular complexity index is 1020. The van der Waals surface area contributed by atoms with Gasteiger partial charge in [0, 0.05) is 37.3 Å². The van der Waals surface area contributed by atoms with Crippen LogP contribution in [0.4, 0.5) is 5.82 Å². The van der Waals surface area contributed by atoms with Gasteiger partial charge in [0.1, 0.15) is 11.6 Å². The molecule has 0 bridgehead atoms. The molecule has 4 heterocycles. The lowest BCUT2D eigenvalue weighted by Gasteiger charge is -2.38. The van der Waals surface area contributed by atoms with Crippen LogP contribution in [0, 0.1) is 6.92 Å². The number of fused-ring (bicyclic) bond motifs is 1. The van der Waals surface area contributed by atoms with Crippen LogP contribution < -0.4 is 4.90 Å². The molecule has 7 heteroatoms. The van der Waals surface area contributed by atoms with Crippen LogP contribution >= 0.6 is 0 Å². The summed E-state index contributed by atoms with van der Waals surface area (Å²) in [6.07, 6.45) is 6.25. The van der Waals surface area contributed by atoms with Crippen molar-refractivity contribution in [3.05, 3.63) is 53.0 Å². The summed E-state index contributed by atoms with van der Waals surface area (Å²) in [6, 6.07) is 10.3. The molecule has 0 spiro atoms. The predicted molar refractivity (Wildman–Crippen MR) is 127 cm³/mol. The molecular weight excluding hydrogens is 414 g/mol. The first-order valence-electron chi connectivity index (χ1n) is 12.3. The van der Waals surface area contributed by atoms with E-state index in [9.17, 15) is 9.59 Å². The summed E-state index contributed by atoms with van der Waals surface area (Å²) in [5.74, 6) is 1.89. The normalized spacial score (nSPS) is 21.0. The Balaban J connectivity index is 1.40. The van der Waals surface area contributed by atoms with E-state index in [1.54, 1.807) is 0 Å². The van der Waals surface area contributed by atoms with Crippen LogP contribution in [-0.4, -0.2) is 64.3 Å². The fourth-order valence-corrected chi connectivity index (χ4v) is 5.18. The Kier molecular flexibility index (Phi) is 6.40. The average Bonchev–Trinajstić information content (AvgIpc) is 2.78. The molecule has 0 aliphatic carbocycles. The minimum Gasteiger partial charge on any atom is -0.341 e. The van der Waals surface area contributed by atoms with Crippen molar-refractivity contribution in [2.24, 2.45) is 0 Å². The van der Waals surface area contributed by atoms with Crippen molar-refractivity contribution in [2.75, 3.05) is 37.6 Å². The molecule has 3 aliphatic heterocycles. The van der Waals surface area contributed by atoms with Gasteiger partial charge in [0.05, 0.1) is 12.6 Å². The van der Waals surface area contributed by atoms with E-state index in [0.29, 0.717) is 25.9 Å². The lowest BCUT2D eigenvalue weighted by atomic mass is 9.99. The largest absolute Gasteiger partial charge is 0.341 e. The Morgan fingerprint density at radius 1 is 1.03 bits per heavy atom. The van der Waals surface area contributed by atoms with Crippen molar-refractivity contribution in [1.29, 1.82) is 0 Å². The maximum atomic E-state index is 12.9. The number of carbonyl (C=O) groups is 2. The lowest BCUT2D eigenvalue weighted by Crippen LogP contribution is -2.49. The van der Waals surface area contributed by atoms with Crippen LogP contribution in [-0.2, 0) is 22.4 Å². The first-order chi connectivity index (χ1) is 16.1. The number of hydrogen-bond donors (Lipinski definition) is 0. The number of piperidine rings is 1. The number of carbonyl (C=O) groups excluding carboxylic acids is 2. The monoisotopic (exact) mass is 447 g/mol. The van der Waals surface area contributed by atoms with Gasteiger partial charge in [-0.2, -0.15) is 0 Å². The molecule has 0 radical (unpaired) electrons. The summed E-state index contributed by atoms with van der Waals surface area (Å²) in [5.41, 5.74) is 3.27. The molecule has 0 saturated carbocycles. The van der Waals surface area contributed by atoms with Gasteiger partial charge in [0.2, 0.25) is 11.8 Å². The molecule has 1 aromatic carbocycles. The Morgan fingerprint density at radius 3 is 2.61 bits per heavy atom. The minimum atomic E-state index is 0.0287. The van der Waals surface area contributed by atoms with Crippen molar-refractivity contribution < 1.29 is 9.59 Å². The van der Waals surface area contributed by atoms with Gasteiger partial charge in [-0.1, -0.05) is 36.8 Å². The van der Waals surface area contributed by atoms with Gasteiger partial charge in [-0.05, 0) is 51.1 Å². The Hall–Kier alpha value is -2.80. The van der Waals surface area contributed by atoms with Gasteiger partial charge in [-0.15, -0.1) is 0 Å². The fraction of sp³-hybridized carbons (Fsp3) is 0.538. The maximum Gasteiger partial charge on any atom is 0.236 e. The SMILES string of the molecule is Cc1nc([C@H]2CCCCN2CC(=O)N2CCC2)nc2c1CCC(=O)N2CCc1ccccc1. The second-order valence-corrected chi connectivity index (χ2v) is 9.47. The van der Waals surface area contributed by atoms with E-state index in [4.69, 9.17) is 9.97 Å². The van der Waals surface area contributed by atoms with Gasteiger partial charge < -0.3 is 4.90 Å². The molecule has 33 heavy (non-hydrogen) atoms. The van der Waals surface area contributed by atoms with Crippen LogP contribution in [0.25, 0.3) is 0 Å². The van der Waals surface area contributed by atoms with Crippen LogP contribution in [0.1, 0.15) is 60.8 Å². The Labute approximate surface area is 195 Å². The molecule has 0 unspecified atom stereocenters. The summed E-state index contributed by atoms with van der Waals surface area (Å²) in [5, 5.41) is 0. The Morgan fingerprint density at radius 2 is 1.85 bits per heavy atom. The summed E-state index contributed by atoms with van der Waals surface area (Å²) in [7, 11) is 0. The van der Waals surface area contributed by atoms with E-state index in [2.05, 4.69) is 17.0 Å². The molecule has 2 aromatic rings. The van der Waals surface area contributed by atoms with E-state index >= 15 is 0 Å². The number of likely N-dealkylation sites (tertiary alicyclic amines) is 2. The van der Waals surface area contributed by atoms with Crippen molar-refractivity contribution >= 4 is 17.6 Å². The summed E-state index contributed by atoms with van der Waals surface area (Å²) in [4.78, 5) is 41.6. The predicted octanol–water partition coefficient (Wildman–Crippen LogP) is 3.07. The van der Waals surface area contributed by atoms with Gasteiger partial charge in [-0.25, -0.2) is 9.97 Å². The molecule has 2 saturated heterocycles. The topological polar surface area (TPSA) is 69.6 Å². The highest BCUT2D eigenvalue weighted by Crippen LogP contribution is 2.34. The molecular formula is C26H33N5O2. The van der Waals surface area contributed by atoms with E-state index in [0.717, 1.165) is 74.6 Å². The highest BCUT2D eigenvalue weighted by atomic mass is 16.2. The second kappa shape index (κ2) is 9.59. The number of benzene rings is 1. The van der Waals surface area contributed by atoms with E-state index in [1.807, 2.05) is 34.9 Å². The molecule has 2 fully saturated rings. The second-order valence-electron chi connectivity index (χ2n) is 9.47. The first kappa shape index (κ1) is 22.0. The highest BCUT2D eigenvalue weighted by molar-refractivity contribution is 5.95. The number of amides is 2. The van der Waals surface area contributed by atoms with Crippen LogP contribution in [0.15, 0.2) is 30.3 Å². The van der Waals surface area contributed by atoms with Gasteiger partial charge in [0.25, 0.3) is 0 Å². The quantitative estimate of drug-likeness (QED) is 0.681. The molecule has 1 aromatic heterocycles. The van der Waals surface area contributed by atoms with E-state index in [-0.39, 0.29) is 17.9 Å². The molecule has 3 aliphatic rings. The zero-order chi connectivity index (χ0) is 22.8.